The molecule has 0 saturated carbocycles. The molecule has 0 aromatic heterocycles. The largest absolute Gasteiger partial charge is 0.401 e. The molecule has 100 valence electrons. The van der Waals surface area contributed by atoms with Gasteiger partial charge in [0, 0.05) is 9.26 Å². The predicted octanol–water partition coefficient (Wildman–Crippen LogP) is 2.69. The van der Waals surface area contributed by atoms with Gasteiger partial charge in [-0.05, 0) is 47.2 Å². The van der Waals surface area contributed by atoms with E-state index in [0.29, 0.717) is 5.69 Å². The summed E-state index contributed by atoms with van der Waals surface area (Å²) in [7, 11) is 0. The maximum atomic E-state index is 11.8. The van der Waals surface area contributed by atoms with E-state index in [4.69, 9.17) is 0 Å². The number of amides is 1. The highest BCUT2D eigenvalue weighted by atomic mass is 127. The number of carbonyl (C=O) groups is 1. The van der Waals surface area contributed by atoms with Crippen LogP contribution in [0.5, 0.6) is 0 Å². The zero-order valence-electron chi connectivity index (χ0n) is 9.57. The van der Waals surface area contributed by atoms with Crippen molar-refractivity contribution in [2.24, 2.45) is 0 Å². The number of benzene rings is 1. The molecule has 1 amide bonds. The summed E-state index contributed by atoms with van der Waals surface area (Å²) >= 11 is 2.12. The van der Waals surface area contributed by atoms with E-state index in [1.807, 2.05) is 18.3 Å². The quantitative estimate of drug-likeness (QED) is 0.799. The number of aryl methyl sites for hydroxylation is 1. The Morgan fingerprint density at radius 2 is 2.06 bits per heavy atom. The third-order valence-electron chi connectivity index (χ3n) is 2.07. The minimum absolute atomic E-state index is 0.371. The Balaban J connectivity index is 2.42. The SMILES string of the molecule is Cc1ccc(NC(=O)CNCC(F)(F)F)cc1I. The summed E-state index contributed by atoms with van der Waals surface area (Å²) in [4.78, 5) is 11.4. The molecule has 0 aliphatic heterocycles. The molecule has 18 heavy (non-hydrogen) atoms. The van der Waals surface area contributed by atoms with Crippen molar-refractivity contribution in [3.63, 3.8) is 0 Å². The summed E-state index contributed by atoms with van der Waals surface area (Å²) in [5.41, 5.74) is 1.65. The van der Waals surface area contributed by atoms with Gasteiger partial charge in [-0.1, -0.05) is 6.07 Å². The van der Waals surface area contributed by atoms with Gasteiger partial charge in [0.2, 0.25) is 5.91 Å². The molecular formula is C11H12F3IN2O. The van der Waals surface area contributed by atoms with E-state index >= 15 is 0 Å². The molecule has 0 atom stereocenters. The monoisotopic (exact) mass is 372 g/mol. The molecule has 0 spiro atoms. The van der Waals surface area contributed by atoms with Crippen molar-refractivity contribution in [2.45, 2.75) is 13.1 Å². The number of carbonyl (C=O) groups excluding carboxylic acids is 1. The third kappa shape index (κ3) is 5.67. The smallest absolute Gasteiger partial charge is 0.325 e. The molecule has 0 aliphatic rings. The van der Waals surface area contributed by atoms with Crippen LogP contribution in [0.2, 0.25) is 0 Å². The van der Waals surface area contributed by atoms with Crippen LogP contribution in [-0.2, 0) is 4.79 Å². The van der Waals surface area contributed by atoms with Crippen LogP contribution in [-0.4, -0.2) is 25.2 Å². The number of anilines is 1. The Labute approximate surface area is 116 Å². The topological polar surface area (TPSA) is 41.1 Å². The summed E-state index contributed by atoms with van der Waals surface area (Å²) in [6, 6.07) is 5.30. The van der Waals surface area contributed by atoms with Crippen LogP contribution in [0.15, 0.2) is 18.2 Å². The molecule has 1 aromatic carbocycles. The van der Waals surface area contributed by atoms with Gasteiger partial charge in [-0.15, -0.1) is 0 Å². The van der Waals surface area contributed by atoms with Crippen molar-refractivity contribution in [3.05, 3.63) is 27.3 Å². The summed E-state index contributed by atoms with van der Waals surface area (Å²) in [6.07, 6.45) is -4.31. The second-order valence-corrected chi connectivity index (χ2v) is 4.89. The van der Waals surface area contributed by atoms with E-state index < -0.39 is 18.6 Å². The second kappa shape index (κ2) is 6.37. The van der Waals surface area contributed by atoms with Gasteiger partial charge in [-0.2, -0.15) is 13.2 Å². The van der Waals surface area contributed by atoms with Crippen LogP contribution in [0.1, 0.15) is 5.56 Å². The van der Waals surface area contributed by atoms with Crippen LogP contribution in [0.3, 0.4) is 0 Å². The Bertz CT molecular complexity index is 435. The highest BCUT2D eigenvalue weighted by Gasteiger charge is 2.26. The van der Waals surface area contributed by atoms with Crippen molar-refractivity contribution in [1.82, 2.24) is 5.32 Å². The molecule has 0 heterocycles. The number of nitrogens with one attached hydrogen (secondary N) is 2. The van der Waals surface area contributed by atoms with Crippen LogP contribution in [0.25, 0.3) is 0 Å². The molecule has 0 aliphatic carbocycles. The third-order valence-corrected chi connectivity index (χ3v) is 3.23. The van der Waals surface area contributed by atoms with Gasteiger partial charge in [-0.3, -0.25) is 4.79 Å². The fourth-order valence-corrected chi connectivity index (χ4v) is 1.71. The summed E-state index contributed by atoms with van der Waals surface area (Å²) in [5.74, 6) is -0.501. The highest BCUT2D eigenvalue weighted by Crippen LogP contribution is 2.17. The maximum Gasteiger partial charge on any atom is 0.401 e. The van der Waals surface area contributed by atoms with Crippen molar-refractivity contribution in [3.8, 4) is 0 Å². The lowest BCUT2D eigenvalue weighted by Crippen LogP contribution is -2.35. The van der Waals surface area contributed by atoms with Gasteiger partial charge in [-0.25, -0.2) is 0 Å². The Kier molecular flexibility index (Phi) is 5.39. The molecule has 0 saturated heterocycles. The van der Waals surface area contributed by atoms with Gasteiger partial charge < -0.3 is 10.6 Å². The van der Waals surface area contributed by atoms with Crippen LogP contribution in [0, 0.1) is 10.5 Å². The minimum Gasteiger partial charge on any atom is -0.325 e. The van der Waals surface area contributed by atoms with E-state index in [2.05, 4.69) is 27.9 Å². The Morgan fingerprint density at radius 1 is 1.39 bits per heavy atom. The van der Waals surface area contributed by atoms with Crippen molar-refractivity contribution < 1.29 is 18.0 Å². The first-order chi connectivity index (χ1) is 8.28. The predicted molar refractivity (Wildman–Crippen MR) is 71.5 cm³/mol. The fraction of sp³-hybridized carbons (Fsp3) is 0.364. The number of rotatable bonds is 4. The van der Waals surface area contributed by atoms with Gasteiger partial charge in [0.1, 0.15) is 0 Å². The van der Waals surface area contributed by atoms with Gasteiger partial charge >= 0.3 is 6.18 Å². The lowest BCUT2D eigenvalue weighted by molar-refractivity contribution is -0.126. The zero-order chi connectivity index (χ0) is 13.8. The normalized spacial score (nSPS) is 11.4. The van der Waals surface area contributed by atoms with Crippen LogP contribution < -0.4 is 10.6 Å². The van der Waals surface area contributed by atoms with Crippen molar-refractivity contribution in [2.75, 3.05) is 18.4 Å². The minimum atomic E-state index is -4.31. The molecule has 7 heteroatoms. The molecule has 0 radical (unpaired) electrons. The second-order valence-electron chi connectivity index (χ2n) is 3.73. The Hall–Kier alpha value is -0.830. The number of alkyl halides is 3. The number of hydrogen-bond donors (Lipinski definition) is 2. The summed E-state index contributed by atoms with van der Waals surface area (Å²) in [6.45, 7) is 0.383. The molecule has 0 fully saturated rings. The van der Waals surface area contributed by atoms with E-state index in [0.717, 1.165) is 9.13 Å². The van der Waals surface area contributed by atoms with E-state index in [-0.39, 0.29) is 6.54 Å². The van der Waals surface area contributed by atoms with E-state index in [1.165, 1.54) is 0 Å². The van der Waals surface area contributed by atoms with Crippen LogP contribution >= 0.6 is 22.6 Å². The van der Waals surface area contributed by atoms with Gasteiger partial charge in [0.25, 0.3) is 0 Å². The van der Waals surface area contributed by atoms with Crippen LogP contribution in [0.4, 0.5) is 18.9 Å². The van der Waals surface area contributed by atoms with E-state index in [9.17, 15) is 18.0 Å². The average molecular weight is 372 g/mol. The molecular weight excluding hydrogens is 360 g/mol. The fourth-order valence-electron chi connectivity index (χ4n) is 1.19. The van der Waals surface area contributed by atoms with Gasteiger partial charge in [0.05, 0.1) is 13.1 Å². The number of halogens is 4. The average Bonchev–Trinajstić information content (AvgIpc) is 2.21. The first-order valence-corrected chi connectivity index (χ1v) is 6.19. The van der Waals surface area contributed by atoms with E-state index in [1.54, 1.807) is 12.1 Å². The zero-order valence-corrected chi connectivity index (χ0v) is 11.7. The molecule has 1 rings (SSSR count). The summed E-state index contributed by atoms with van der Waals surface area (Å²) < 4.78 is 36.5. The Morgan fingerprint density at radius 3 is 2.61 bits per heavy atom. The number of hydrogen-bond acceptors (Lipinski definition) is 2. The van der Waals surface area contributed by atoms with Crippen molar-refractivity contribution in [1.29, 1.82) is 0 Å². The molecule has 1 aromatic rings. The van der Waals surface area contributed by atoms with Gasteiger partial charge in [0.15, 0.2) is 0 Å². The molecule has 2 N–H and O–H groups in total. The molecule has 3 nitrogen and oxygen atoms in total. The standard InChI is InChI=1S/C11H12F3IN2O/c1-7-2-3-8(4-9(7)15)17-10(18)5-16-6-11(12,13)14/h2-4,16H,5-6H2,1H3,(H,17,18). The first-order valence-electron chi connectivity index (χ1n) is 5.11. The lowest BCUT2D eigenvalue weighted by Gasteiger charge is -2.09. The summed E-state index contributed by atoms with van der Waals surface area (Å²) in [5, 5.41) is 4.56. The van der Waals surface area contributed by atoms with Crippen molar-refractivity contribution >= 4 is 34.2 Å². The molecule has 0 bridgehead atoms. The molecule has 0 unspecified atom stereocenters. The highest BCUT2D eigenvalue weighted by molar-refractivity contribution is 14.1. The first kappa shape index (κ1) is 15.2. The lowest BCUT2D eigenvalue weighted by atomic mass is 10.2. The maximum absolute atomic E-state index is 11.8.